The van der Waals surface area contributed by atoms with E-state index < -0.39 is 8.07 Å². The van der Waals surface area contributed by atoms with E-state index in [1.54, 1.807) is 15.6 Å². The average molecular weight is 1150 g/mol. The third-order valence-corrected chi connectivity index (χ3v) is 26.8. The Kier molecular flexibility index (Phi) is 9.85. The van der Waals surface area contributed by atoms with Crippen LogP contribution in [0.5, 0.6) is 0 Å². The molecule has 0 unspecified atom stereocenters. The summed E-state index contributed by atoms with van der Waals surface area (Å²) in [5, 5.41) is 17.2. The van der Waals surface area contributed by atoms with Crippen LogP contribution in [0.2, 0.25) is 0 Å². The Morgan fingerprint density at radius 2 is 0.759 bits per heavy atom. The maximum absolute atomic E-state index is 3.23. The molecule has 0 fully saturated rings. The van der Waals surface area contributed by atoms with Gasteiger partial charge in [0.05, 0.1) is 33.1 Å². The first-order valence-electron chi connectivity index (χ1n) is 32.5. The predicted octanol–water partition coefficient (Wildman–Crippen LogP) is 16.9. The zero-order valence-corrected chi connectivity index (χ0v) is 56.5. The molecule has 4 aliphatic heterocycles. The Morgan fingerprint density at radius 1 is 0.299 bits per heavy atom. The lowest BCUT2D eigenvalue weighted by Gasteiger charge is -2.43. The molecule has 0 aliphatic carbocycles. The summed E-state index contributed by atoms with van der Waals surface area (Å²) in [7, 11) is -3.23. The minimum atomic E-state index is -3.23. The van der Waals surface area contributed by atoms with Gasteiger partial charge in [-0.25, -0.2) is 0 Å². The highest BCUT2D eigenvalue weighted by Crippen LogP contribution is 2.51. The molecule has 1 spiro atoms. The van der Waals surface area contributed by atoms with Crippen LogP contribution >= 0.6 is 0 Å². The highest BCUT2D eigenvalue weighted by molar-refractivity contribution is 7.24. The van der Waals surface area contributed by atoms with Gasteiger partial charge in [-0.3, -0.25) is 0 Å². The Balaban J connectivity index is 1.14. The molecule has 0 bridgehead atoms. The normalized spacial score (nSPS) is 15.5. The van der Waals surface area contributed by atoms with Crippen LogP contribution in [0, 0.1) is 0 Å². The maximum Gasteiger partial charge on any atom is 0.252 e. The first-order chi connectivity index (χ1) is 40.6. The standard InChI is InChI=1S/C82H84BN3Si/c1-76(2,3)43-25-29-60-53(32-43)54-33-47(80(13,14)15)36-57-68-63(84(60)71(54)57)42-59-74-69(68)52-28-24-44(77(4,5)6)38-62(52)85(74)61-30-31-64-75-70(61)83(59)58-37-48(81(16,17)18)34-55-56-35-49(82(19,20)21)41-67(73(56)86(75)72(55)58)87(64)65-39-45(78(7,8)9)22-26-50(65)51-27-23-46(40-66(51)87)79(10,11)12/h22-42H,1-21H3. The van der Waals surface area contributed by atoms with Crippen molar-refractivity contribution in [2.45, 2.75) is 183 Å². The van der Waals surface area contributed by atoms with Crippen molar-refractivity contribution < 1.29 is 0 Å². The number of hydrogen-bond acceptors (Lipinski definition) is 0. The van der Waals surface area contributed by atoms with Crippen molar-refractivity contribution in [2.75, 3.05) is 0 Å². The van der Waals surface area contributed by atoms with Crippen molar-refractivity contribution >= 4 is 134 Å². The van der Waals surface area contributed by atoms with Crippen LogP contribution in [-0.2, 0) is 37.9 Å². The number of rotatable bonds is 0. The molecule has 5 heteroatoms. The van der Waals surface area contributed by atoms with E-state index in [4.69, 9.17) is 0 Å². The van der Waals surface area contributed by atoms with Crippen molar-refractivity contribution in [3.63, 3.8) is 0 Å². The van der Waals surface area contributed by atoms with E-state index in [9.17, 15) is 0 Å². The Morgan fingerprint density at radius 3 is 1.34 bits per heavy atom. The number of fused-ring (bicyclic) bond motifs is 21. The first kappa shape index (κ1) is 53.9. The Hall–Kier alpha value is -7.34. The lowest BCUT2D eigenvalue weighted by atomic mass is 9.34. The number of nitrogens with zero attached hydrogens (tertiary/aromatic N) is 3. The number of aromatic nitrogens is 3. The lowest BCUT2D eigenvalue weighted by Crippen LogP contribution is -2.77. The van der Waals surface area contributed by atoms with Gasteiger partial charge < -0.3 is 13.5 Å². The Labute approximate surface area is 516 Å². The molecule has 0 saturated carbocycles. The smallest absolute Gasteiger partial charge is 0.252 e. The van der Waals surface area contributed by atoms with Crippen LogP contribution in [0.15, 0.2) is 127 Å². The van der Waals surface area contributed by atoms with Gasteiger partial charge in [-0.2, -0.15) is 0 Å². The zero-order valence-electron chi connectivity index (χ0n) is 55.5. The first-order valence-corrected chi connectivity index (χ1v) is 34.5. The van der Waals surface area contributed by atoms with Gasteiger partial charge in [-0.15, -0.1) is 0 Å². The fourth-order valence-corrected chi connectivity index (χ4v) is 22.7. The van der Waals surface area contributed by atoms with E-state index in [0.29, 0.717) is 0 Å². The van der Waals surface area contributed by atoms with Gasteiger partial charge in [0.15, 0.2) is 8.07 Å². The zero-order chi connectivity index (χ0) is 61.2. The van der Waals surface area contributed by atoms with Gasteiger partial charge >= 0.3 is 0 Å². The van der Waals surface area contributed by atoms with Crippen molar-refractivity contribution in [1.29, 1.82) is 0 Å². The molecule has 0 radical (unpaired) electrons. The molecule has 3 nitrogen and oxygen atoms in total. The molecule has 434 valence electrons. The predicted molar refractivity (Wildman–Crippen MR) is 382 cm³/mol. The Bertz CT molecular complexity index is 5300. The monoisotopic (exact) mass is 1150 g/mol. The molecule has 8 heterocycles. The highest BCUT2D eigenvalue weighted by Gasteiger charge is 2.57. The molecule has 17 rings (SSSR count). The molecule has 0 amide bonds. The molecular weight excluding hydrogens is 1070 g/mol. The molecule has 4 aromatic heterocycles. The fourth-order valence-electron chi connectivity index (χ4n) is 17.1. The molecule has 0 N–H and O–H groups in total. The summed E-state index contributed by atoms with van der Waals surface area (Å²) >= 11 is 0. The minimum absolute atomic E-state index is 0.00497. The molecule has 4 aliphatic rings. The molecule has 0 atom stereocenters. The summed E-state index contributed by atoms with van der Waals surface area (Å²) in [6, 6.07) is 54.3. The number of hydrogen-bond donors (Lipinski definition) is 0. The maximum atomic E-state index is 2.87. The van der Waals surface area contributed by atoms with Crippen LogP contribution in [0.3, 0.4) is 0 Å². The van der Waals surface area contributed by atoms with Crippen LogP contribution < -0.4 is 37.1 Å². The van der Waals surface area contributed by atoms with Crippen molar-refractivity contribution in [2.24, 2.45) is 0 Å². The average Bonchev–Trinajstić information content (AvgIpc) is 1.53. The largest absolute Gasteiger partial charge is 0.310 e. The van der Waals surface area contributed by atoms with E-state index in [0.717, 1.165) is 0 Å². The molecule has 0 saturated heterocycles. The van der Waals surface area contributed by atoms with Gasteiger partial charge in [0.25, 0.3) is 6.71 Å². The molecule has 9 aromatic carbocycles. The van der Waals surface area contributed by atoms with E-state index in [1.165, 1.54) is 165 Å². The second-order valence-electron chi connectivity index (χ2n) is 34.7. The van der Waals surface area contributed by atoms with Crippen LogP contribution in [0.1, 0.15) is 184 Å². The third-order valence-electron chi connectivity index (χ3n) is 22.0. The fraction of sp³-hybridized carbons (Fsp3) is 0.341. The quantitative estimate of drug-likeness (QED) is 0.134. The van der Waals surface area contributed by atoms with Crippen molar-refractivity contribution in [3.05, 3.63) is 166 Å². The van der Waals surface area contributed by atoms with E-state index in [1.807, 2.05) is 0 Å². The van der Waals surface area contributed by atoms with E-state index >= 15 is 0 Å². The lowest BCUT2D eigenvalue weighted by molar-refractivity contribution is 0.590. The minimum Gasteiger partial charge on any atom is -0.310 e. The van der Waals surface area contributed by atoms with E-state index in [-0.39, 0.29) is 44.6 Å². The van der Waals surface area contributed by atoms with Crippen LogP contribution in [0.4, 0.5) is 0 Å². The van der Waals surface area contributed by atoms with Crippen molar-refractivity contribution in [1.82, 2.24) is 13.5 Å². The second-order valence-corrected chi connectivity index (χ2v) is 38.4. The van der Waals surface area contributed by atoms with Gasteiger partial charge in [-0.05, 0) is 180 Å². The van der Waals surface area contributed by atoms with Gasteiger partial charge in [0, 0.05) is 60.0 Å². The third kappa shape index (κ3) is 6.65. The van der Waals surface area contributed by atoms with E-state index in [2.05, 4.69) is 286 Å². The summed E-state index contributed by atoms with van der Waals surface area (Å²) in [5.74, 6) is 0. The highest BCUT2D eigenvalue weighted by atomic mass is 28.3. The van der Waals surface area contributed by atoms with Crippen molar-refractivity contribution in [3.8, 4) is 22.5 Å². The summed E-state index contributed by atoms with van der Waals surface area (Å²) in [4.78, 5) is 0. The van der Waals surface area contributed by atoms with Gasteiger partial charge in [-0.1, -0.05) is 218 Å². The summed E-state index contributed by atoms with van der Waals surface area (Å²) < 4.78 is 8.38. The second kappa shape index (κ2) is 15.9. The summed E-state index contributed by atoms with van der Waals surface area (Å²) in [6.45, 7) is 50.5. The molecule has 87 heavy (non-hydrogen) atoms. The van der Waals surface area contributed by atoms with Crippen LogP contribution in [-0.4, -0.2) is 28.3 Å². The molecule has 13 aromatic rings. The van der Waals surface area contributed by atoms with Crippen LogP contribution in [0.25, 0.3) is 104 Å². The van der Waals surface area contributed by atoms with Gasteiger partial charge in [0.2, 0.25) is 0 Å². The molecular formula is C82H84BN3Si. The SMILES string of the molecule is CC(C)(C)c1ccc2c(c1)[Si]1(c3cc(C(C)(C)C)ccc3-2)c2ccc3c4c2-n2c5c(cc(C(C)(C)C)cc5c5cc(C(C)(C)C)cc1c52)B4c1cc2c(c4cc(C(C)(C)C)cc5c6cc(C(C)(C)C)ccc6n2c54)c2c4ccc(C(C)(C)C)cc4n-3c12. The summed E-state index contributed by atoms with van der Waals surface area (Å²) in [6.07, 6.45) is 0. The van der Waals surface area contributed by atoms with Gasteiger partial charge in [0.1, 0.15) is 0 Å². The number of benzene rings is 9. The summed E-state index contributed by atoms with van der Waals surface area (Å²) in [5.41, 5.74) is 28.7. The topological polar surface area (TPSA) is 14.3 Å².